The minimum Gasteiger partial charge on any atom is -0.385 e. The number of benzene rings is 1. The normalized spacial score (nSPS) is 24.6. The maximum Gasteiger partial charge on any atom is 0.265 e. The van der Waals surface area contributed by atoms with Gasteiger partial charge in [-0.25, -0.2) is 8.78 Å². The molecule has 0 aromatic heterocycles. The molecule has 1 aromatic carbocycles. The average Bonchev–Trinajstić information content (AvgIpc) is 2.64. The van der Waals surface area contributed by atoms with Crippen molar-refractivity contribution in [3.63, 3.8) is 0 Å². The van der Waals surface area contributed by atoms with E-state index in [1.165, 1.54) is 0 Å². The van der Waals surface area contributed by atoms with E-state index in [2.05, 4.69) is 0 Å². The standard InChI is InChI=1S/C14H15F2NO3/c1-14(9-5-3-2-4-6-9)7-11(19)17(13(14)20)8-10(18)12(15)16/h2-6,10,12,18H,7-8H2,1H3. The van der Waals surface area contributed by atoms with E-state index in [1.807, 2.05) is 0 Å². The molecule has 0 bridgehead atoms. The van der Waals surface area contributed by atoms with Crippen LogP contribution in [0.3, 0.4) is 0 Å². The van der Waals surface area contributed by atoms with Crippen LogP contribution >= 0.6 is 0 Å². The van der Waals surface area contributed by atoms with Crippen LogP contribution in [-0.2, 0) is 15.0 Å². The van der Waals surface area contributed by atoms with Crippen LogP contribution in [0, 0.1) is 0 Å². The van der Waals surface area contributed by atoms with Gasteiger partial charge in [0.15, 0.2) is 0 Å². The molecular weight excluding hydrogens is 268 g/mol. The molecule has 4 nitrogen and oxygen atoms in total. The summed E-state index contributed by atoms with van der Waals surface area (Å²) in [5, 5.41) is 9.17. The van der Waals surface area contributed by atoms with Gasteiger partial charge in [-0.05, 0) is 12.5 Å². The first-order valence-corrected chi connectivity index (χ1v) is 6.23. The van der Waals surface area contributed by atoms with Gasteiger partial charge in [-0.1, -0.05) is 30.3 Å². The topological polar surface area (TPSA) is 57.6 Å². The number of halogens is 2. The van der Waals surface area contributed by atoms with Gasteiger partial charge in [-0.15, -0.1) is 0 Å². The second-order valence-electron chi connectivity index (χ2n) is 5.09. The largest absolute Gasteiger partial charge is 0.385 e. The highest BCUT2D eigenvalue weighted by atomic mass is 19.3. The van der Waals surface area contributed by atoms with Crippen LogP contribution in [0.15, 0.2) is 30.3 Å². The predicted octanol–water partition coefficient (Wildman–Crippen LogP) is 1.33. The number of likely N-dealkylation sites (tertiary alicyclic amines) is 1. The molecule has 2 unspecified atom stereocenters. The van der Waals surface area contributed by atoms with Crippen LogP contribution in [0.25, 0.3) is 0 Å². The molecule has 0 saturated carbocycles. The zero-order valence-electron chi connectivity index (χ0n) is 10.9. The summed E-state index contributed by atoms with van der Waals surface area (Å²) in [6.45, 7) is 0.940. The molecule has 0 radical (unpaired) electrons. The number of alkyl halides is 2. The first-order chi connectivity index (χ1) is 9.36. The van der Waals surface area contributed by atoms with Crippen LogP contribution in [0.1, 0.15) is 18.9 Å². The summed E-state index contributed by atoms with van der Waals surface area (Å²) in [6.07, 6.45) is -5.08. The lowest BCUT2D eigenvalue weighted by Crippen LogP contribution is -2.42. The van der Waals surface area contributed by atoms with Gasteiger partial charge in [-0.2, -0.15) is 0 Å². The maximum atomic E-state index is 12.4. The average molecular weight is 283 g/mol. The van der Waals surface area contributed by atoms with Crippen molar-refractivity contribution >= 4 is 11.8 Å². The van der Waals surface area contributed by atoms with E-state index in [4.69, 9.17) is 5.11 Å². The molecule has 1 aliphatic heterocycles. The molecule has 1 N–H and O–H groups in total. The first-order valence-electron chi connectivity index (χ1n) is 6.23. The van der Waals surface area contributed by atoms with Crippen molar-refractivity contribution in [3.05, 3.63) is 35.9 Å². The quantitative estimate of drug-likeness (QED) is 0.848. The van der Waals surface area contributed by atoms with Crippen molar-refractivity contribution in [2.24, 2.45) is 0 Å². The zero-order valence-corrected chi connectivity index (χ0v) is 10.9. The number of nitrogens with zero attached hydrogens (tertiary/aromatic N) is 1. The second kappa shape index (κ2) is 5.28. The van der Waals surface area contributed by atoms with Crippen molar-refractivity contribution in [2.75, 3.05) is 6.54 Å². The minimum atomic E-state index is -2.99. The van der Waals surface area contributed by atoms with E-state index in [1.54, 1.807) is 37.3 Å². The fourth-order valence-corrected chi connectivity index (χ4v) is 2.37. The maximum absolute atomic E-state index is 12.4. The zero-order chi connectivity index (χ0) is 14.9. The van der Waals surface area contributed by atoms with Crippen molar-refractivity contribution in [1.29, 1.82) is 0 Å². The predicted molar refractivity (Wildman–Crippen MR) is 67.1 cm³/mol. The summed E-state index contributed by atoms with van der Waals surface area (Å²) in [5.74, 6) is -1.09. The van der Waals surface area contributed by atoms with Crippen LogP contribution in [-0.4, -0.2) is 40.9 Å². The Labute approximate surface area is 115 Å². The Bertz CT molecular complexity index is 520. The summed E-state index contributed by atoms with van der Waals surface area (Å²) in [5.41, 5.74) is -0.396. The van der Waals surface area contributed by atoms with E-state index in [-0.39, 0.29) is 6.42 Å². The van der Waals surface area contributed by atoms with Crippen LogP contribution in [0.2, 0.25) is 0 Å². The molecule has 1 heterocycles. The third-order valence-corrected chi connectivity index (χ3v) is 3.59. The van der Waals surface area contributed by atoms with Gasteiger partial charge in [0.05, 0.1) is 12.0 Å². The fourth-order valence-electron chi connectivity index (χ4n) is 2.37. The number of amides is 2. The molecule has 1 fully saturated rings. The third-order valence-electron chi connectivity index (χ3n) is 3.59. The van der Waals surface area contributed by atoms with Crippen molar-refractivity contribution in [2.45, 2.75) is 31.3 Å². The smallest absolute Gasteiger partial charge is 0.265 e. The van der Waals surface area contributed by atoms with Crippen LogP contribution in [0.5, 0.6) is 0 Å². The lowest BCUT2D eigenvalue weighted by molar-refractivity contribution is -0.143. The van der Waals surface area contributed by atoms with Crippen molar-refractivity contribution in [3.8, 4) is 0 Å². The molecule has 108 valence electrons. The lowest BCUT2D eigenvalue weighted by atomic mass is 9.81. The third kappa shape index (κ3) is 2.43. The van der Waals surface area contributed by atoms with E-state index in [0.717, 1.165) is 4.90 Å². The molecule has 6 heteroatoms. The Hall–Kier alpha value is -1.82. The number of rotatable bonds is 4. The van der Waals surface area contributed by atoms with Gasteiger partial charge in [-0.3, -0.25) is 14.5 Å². The van der Waals surface area contributed by atoms with Gasteiger partial charge in [0, 0.05) is 6.42 Å². The number of aliphatic hydroxyl groups is 1. The van der Waals surface area contributed by atoms with Gasteiger partial charge >= 0.3 is 0 Å². The lowest BCUT2D eigenvalue weighted by Gasteiger charge is -2.23. The molecule has 0 spiro atoms. The number of imide groups is 1. The Kier molecular flexibility index (Phi) is 3.85. The molecule has 1 aliphatic rings. The molecule has 2 rings (SSSR count). The number of aliphatic hydroxyl groups excluding tert-OH is 1. The molecule has 1 saturated heterocycles. The number of β-amino-alcohol motifs (C(OH)–C–C–N with tert-alkyl or cyclic N) is 1. The molecule has 1 aromatic rings. The van der Waals surface area contributed by atoms with E-state index >= 15 is 0 Å². The number of hydrogen-bond donors (Lipinski definition) is 1. The molecule has 20 heavy (non-hydrogen) atoms. The van der Waals surface area contributed by atoms with Crippen LogP contribution in [0.4, 0.5) is 8.78 Å². The number of carbonyl (C=O) groups excluding carboxylic acids is 2. The summed E-state index contributed by atoms with van der Waals surface area (Å²) >= 11 is 0. The van der Waals surface area contributed by atoms with E-state index in [0.29, 0.717) is 5.56 Å². The monoisotopic (exact) mass is 283 g/mol. The molecular formula is C14H15F2NO3. The Morgan fingerprint density at radius 1 is 1.30 bits per heavy atom. The van der Waals surface area contributed by atoms with E-state index < -0.39 is 36.3 Å². The number of carbonyl (C=O) groups is 2. The number of hydrogen-bond acceptors (Lipinski definition) is 3. The second-order valence-corrected chi connectivity index (χ2v) is 5.09. The summed E-state index contributed by atoms with van der Waals surface area (Å²) in [6, 6.07) is 8.72. The Morgan fingerprint density at radius 2 is 1.90 bits per heavy atom. The molecule has 2 amide bonds. The van der Waals surface area contributed by atoms with Gasteiger partial charge in [0.2, 0.25) is 11.8 Å². The summed E-state index contributed by atoms with van der Waals surface area (Å²) < 4.78 is 24.7. The van der Waals surface area contributed by atoms with Gasteiger partial charge < -0.3 is 5.11 Å². The fraction of sp³-hybridized carbons (Fsp3) is 0.429. The van der Waals surface area contributed by atoms with Crippen molar-refractivity contribution in [1.82, 2.24) is 4.90 Å². The highest BCUT2D eigenvalue weighted by Gasteiger charge is 2.49. The highest BCUT2D eigenvalue weighted by molar-refractivity contribution is 6.08. The first kappa shape index (κ1) is 14.6. The molecule has 0 aliphatic carbocycles. The highest BCUT2D eigenvalue weighted by Crippen LogP contribution is 2.36. The van der Waals surface area contributed by atoms with E-state index in [9.17, 15) is 18.4 Å². The SMILES string of the molecule is CC1(c2ccccc2)CC(=O)N(CC(O)C(F)F)C1=O. The summed E-state index contributed by atoms with van der Waals surface area (Å²) in [4.78, 5) is 25.0. The Balaban J connectivity index is 2.25. The Morgan fingerprint density at radius 3 is 2.45 bits per heavy atom. The van der Waals surface area contributed by atoms with Gasteiger partial charge in [0.25, 0.3) is 6.43 Å². The minimum absolute atomic E-state index is 0.0776. The summed E-state index contributed by atoms with van der Waals surface area (Å²) in [7, 11) is 0. The van der Waals surface area contributed by atoms with Crippen LogP contribution < -0.4 is 0 Å². The molecule has 2 atom stereocenters. The van der Waals surface area contributed by atoms with Crippen molar-refractivity contribution < 1.29 is 23.5 Å². The van der Waals surface area contributed by atoms with Gasteiger partial charge in [0.1, 0.15) is 6.10 Å².